The van der Waals surface area contributed by atoms with Gasteiger partial charge in [-0.3, -0.25) is 4.79 Å². The van der Waals surface area contributed by atoms with E-state index in [1.807, 2.05) is 0 Å². The Kier molecular flexibility index (Phi) is 5.07. The Morgan fingerprint density at radius 1 is 1.10 bits per heavy atom. The molecular formula is C16H13BrF2O2. The van der Waals surface area contributed by atoms with E-state index >= 15 is 0 Å². The minimum atomic E-state index is -0.990. The predicted molar refractivity (Wildman–Crippen MR) is 79.0 cm³/mol. The molecule has 5 heteroatoms. The van der Waals surface area contributed by atoms with Crippen LogP contribution in [0.25, 0.3) is 0 Å². The standard InChI is InChI=1S/C16H13BrF2O2/c17-15-5-4-14(19)9-11(15)8-12(16(20)21)6-10-2-1-3-13(18)7-10/h1-5,7,9,12H,6,8H2,(H,20,21). The fourth-order valence-corrected chi connectivity index (χ4v) is 2.57. The average molecular weight is 355 g/mol. The van der Waals surface area contributed by atoms with E-state index < -0.39 is 23.5 Å². The van der Waals surface area contributed by atoms with Gasteiger partial charge in [0.1, 0.15) is 11.6 Å². The second kappa shape index (κ2) is 6.80. The molecule has 2 nitrogen and oxygen atoms in total. The maximum absolute atomic E-state index is 13.3. The molecule has 110 valence electrons. The number of hydrogen-bond acceptors (Lipinski definition) is 1. The molecule has 0 aliphatic carbocycles. The van der Waals surface area contributed by atoms with Crippen LogP contribution in [-0.4, -0.2) is 11.1 Å². The Balaban J connectivity index is 2.20. The van der Waals surface area contributed by atoms with Crippen molar-refractivity contribution in [2.45, 2.75) is 12.8 Å². The van der Waals surface area contributed by atoms with Gasteiger partial charge in [-0.1, -0.05) is 28.1 Å². The Labute approximate surface area is 129 Å². The highest BCUT2D eigenvalue weighted by molar-refractivity contribution is 9.10. The zero-order valence-electron chi connectivity index (χ0n) is 11.0. The van der Waals surface area contributed by atoms with Gasteiger partial charge < -0.3 is 5.11 Å². The normalized spacial score (nSPS) is 12.1. The van der Waals surface area contributed by atoms with Gasteiger partial charge in [0, 0.05) is 4.47 Å². The third-order valence-electron chi connectivity index (χ3n) is 3.19. The molecule has 0 spiro atoms. The third-order valence-corrected chi connectivity index (χ3v) is 3.97. The van der Waals surface area contributed by atoms with Gasteiger partial charge in [-0.15, -0.1) is 0 Å². The summed E-state index contributed by atoms with van der Waals surface area (Å²) in [5, 5.41) is 9.32. The minimum Gasteiger partial charge on any atom is -0.481 e. The van der Waals surface area contributed by atoms with Crippen molar-refractivity contribution in [3.8, 4) is 0 Å². The molecule has 0 amide bonds. The van der Waals surface area contributed by atoms with E-state index in [1.165, 1.54) is 24.3 Å². The van der Waals surface area contributed by atoms with Gasteiger partial charge in [0.25, 0.3) is 0 Å². The van der Waals surface area contributed by atoms with Crippen LogP contribution in [0.2, 0.25) is 0 Å². The molecular weight excluding hydrogens is 342 g/mol. The molecule has 0 saturated carbocycles. The molecule has 0 radical (unpaired) electrons. The zero-order chi connectivity index (χ0) is 15.4. The summed E-state index contributed by atoms with van der Waals surface area (Å²) in [6, 6.07) is 10.0. The lowest BCUT2D eigenvalue weighted by atomic mass is 9.92. The van der Waals surface area contributed by atoms with Gasteiger partial charge in [0.15, 0.2) is 0 Å². The van der Waals surface area contributed by atoms with Crippen molar-refractivity contribution in [1.82, 2.24) is 0 Å². The van der Waals surface area contributed by atoms with Gasteiger partial charge in [0.05, 0.1) is 5.92 Å². The van der Waals surface area contributed by atoms with Gasteiger partial charge in [-0.25, -0.2) is 8.78 Å². The Bertz CT molecular complexity index is 658. The van der Waals surface area contributed by atoms with Crippen molar-refractivity contribution in [1.29, 1.82) is 0 Å². The number of hydrogen-bond donors (Lipinski definition) is 1. The van der Waals surface area contributed by atoms with Crippen molar-refractivity contribution in [2.75, 3.05) is 0 Å². The minimum absolute atomic E-state index is 0.171. The summed E-state index contributed by atoms with van der Waals surface area (Å²) >= 11 is 3.29. The molecule has 2 aromatic rings. The average Bonchev–Trinajstić information content (AvgIpc) is 2.42. The van der Waals surface area contributed by atoms with Crippen molar-refractivity contribution in [2.24, 2.45) is 5.92 Å². The molecule has 0 aliphatic rings. The van der Waals surface area contributed by atoms with Gasteiger partial charge >= 0.3 is 5.97 Å². The van der Waals surface area contributed by atoms with Gasteiger partial charge in [-0.2, -0.15) is 0 Å². The van der Waals surface area contributed by atoms with Crippen LogP contribution in [0.3, 0.4) is 0 Å². The smallest absolute Gasteiger partial charge is 0.307 e. The third kappa shape index (κ3) is 4.36. The molecule has 2 aromatic carbocycles. The molecule has 0 aliphatic heterocycles. The van der Waals surface area contributed by atoms with Gasteiger partial charge in [0.2, 0.25) is 0 Å². The number of carboxylic acid groups (broad SMARTS) is 1. The summed E-state index contributed by atoms with van der Waals surface area (Å²) in [6.45, 7) is 0. The Morgan fingerprint density at radius 2 is 1.81 bits per heavy atom. The predicted octanol–water partition coefficient (Wildman–Crippen LogP) is 4.21. The molecule has 0 saturated heterocycles. The highest BCUT2D eigenvalue weighted by atomic mass is 79.9. The number of rotatable bonds is 5. The van der Waals surface area contributed by atoms with Crippen LogP contribution in [0, 0.1) is 17.6 Å². The SMILES string of the molecule is O=C(O)C(Cc1cccc(F)c1)Cc1cc(F)ccc1Br. The highest BCUT2D eigenvalue weighted by Gasteiger charge is 2.20. The van der Waals surface area contributed by atoms with Crippen LogP contribution in [0.4, 0.5) is 8.78 Å². The van der Waals surface area contributed by atoms with Crippen LogP contribution >= 0.6 is 15.9 Å². The lowest BCUT2D eigenvalue weighted by molar-refractivity contribution is -0.141. The molecule has 0 bridgehead atoms. The Hall–Kier alpha value is -1.75. The summed E-state index contributed by atoms with van der Waals surface area (Å²) in [6.07, 6.45) is 0.361. The first-order valence-corrected chi connectivity index (χ1v) is 7.16. The number of aliphatic carboxylic acids is 1. The van der Waals surface area contributed by atoms with E-state index in [4.69, 9.17) is 0 Å². The maximum Gasteiger partial charge on any atom is 0.307 e. The van der Waals surface area contributed by atoms with Crippen molar-refractivity contribution >= 4 is 21.9 Å². The molecule has 0 aromatic heterocycles. The molecule has 2 rings (SSSR count). The fraction of sp³-hybridized carbons (Fsp3) is 0.188. The second-order valence-corrected chi connectivity index (χ2v) is 5.66. The molecule has 1 N–H and O–H groups in total. The summed E-state index contributed by atoms with van der Waals surface area (Å²) in [7, 11) is 0. The second-order valence-electron chi connectivity index (χ2n) is 4.81. The number of halogens is 3. The summed E-state index contributed by atoms with van der Waals surface area (Å²) in [5.74, 6) is -2.55. The first kappa shape index (κ1) is 15.6. The van der Waals surface area contributed by atoms with E-state index in [0.717, 1.165) is 0 Å². The van der Waals surface area contributed by atoms with Crippen LogP contribution < -0.4 is 0 Å². The van der Waals surface area contributed by atoms with Crippen LogP contribution in [0.5, 0.6) is 0 Å². The largest absolute Gasteiger partial charge is 0.481 e. The lowest BCUT2D eigenvalue weighted by Crippen LogP contribution is -2.19. The number of carboxylic acids is 1. The lowest BCUT2D eigenvalue weighted by Gasteiger charge is -2.14. The molecule has 1 unspecified atom stereocenters. The topological polar surface area (TPSA) is 37.3 Å². The molecule has 1 atom stereocenters. The van der Waals surface area contributed by atoms with Crippen LogP contribution in [-0.2, 0) is 17.6 Å². The fourth-order valence-electron chi connectivity index (χ4n) is 2.16. The van der Waals surface area contributed by atoms with E-state index in [1.54, 1.807) is 18.2 Å². The van der Waals surface area contributed by atoms with Crippen LogP contribution in [0.1, 0.15) is 11.1 Å². The first-order valence-electron chi connectivity index (χ1n) is 6.37. The molecule has 0 fully saturated rings. The molecule has 0 heterocycles. The maximum atomic E-state index is 13.3. The van der Waals surface area contributed by atoms with Crippen molar-refractivity contribution < 1.29 is 18.7 Å². The van der Waals surface area contributed by atoms with Crippen LogP contribution in [0.15, 0.2) is 46.9 Å². The Morgan fingerprint density at radius 3 is 2.48 bits per heavy atom. The summed E-state index contributed by atoms with van der Waals surface area (Å²) < 4.78 is 27.1. The van der Waals surface area contributed by atoms with Crippen molar-refractivity contribution in [3.05, 3.63) is 69.7 Å². The van der Waals surface area contributed by atoms with Gasteiger partial charge in [-0.05, 0) is 54.3 Å². The number of benzene rings is 2. The summed E-state index contributed by atoms with van der Waals surface area (Å²) in [5.41, 5.74) is 1.19. The highest BCUT2D eigenvalue weighted by Crippen LogP contribution is 2.23. The van der Waals surface area contributed by atoms with Crippen molar-refractivity contribution in [3.63, 3.8) is 0 Å². The van der Waals surface area contributed by atoms with E-state index in [0.29, 0.717) is 15.6 Å². The first-order chi connectivity index (χ1) is 9.95. The monoisotopic (exact) mass is 354 g/mol. The molecule has 21 heavy (non-hydrogen) atoms. The summed E-state index contributed by atoms with van der Waals surface area (Å²) in [4.78, 5) is 11.4. The van der Waals surface area contributed by atoms with E-state index in [-0.39, 0.29) is 12.8 Å². The van der Waals surface area contributed by atoms with E-state index in [2.05, 4.69) is 15.9 Å². The number of carbonyl (C=O) groups is 1. The quantitative estimate of drug-likeness (QED) is 0.872. The van der Waals surface area contributed by atoms with E-state index in [9.17, 15) is 18.7 Å². The zero-order valence-corrected chi connectivity index (χ0v) is 12.6.